The van der Waals surface area contributed by atoms with E-state index in [-0.39, 0.29) is 12.4 Å². The van der Waals surface area contributed by atoms with E-state index in [2.05, 4.69) is 33.7 Å². The van der Waals surface area contributed by atoms with Crippen molar-refractivity contribution in [3.8, 4) is 0 Å². The van der Waals surface area contributed by atoms with Crippen LogP contribution in [0.3, 0.4) is 0 Å². The molecule has 0 atom stereocenters. The van der Waals surface area contributed by atoms with E-state index >= 15 is 0 Å². The van der Waals surface area contributed by atoms with Crippen molar-refractivity contribution >= 4 is 17.7 Å². The molecule has 0 unspecified atom stereocenters. The maximum Gasteiger partial charge on any atom is 0.276 e. The zero-order valence-corrected chi connectivity index (χ0v) is 15.6. The fourth-order valence-corrected chi connectivity index (χ4v) is 3.27. The molecule has 3 rings (SSSR count). The molecule has 0 aliphatic carbocycles. The fraction of sp³-hybridized carbons (Fsp3) is 0.211. The monoisotopic (exact) mass is 389 g/mol. The average Bonchev–Trinajstić information content (AvgIpc) is 3.08. The minimum Gasteiger partial charge on any atom is -0.414 e. The Hall–Kier alpha value is -2.74. The molecule has 0 fully saturated rings. The van der Waals surface area contributed by atoms with Gasteiger partial charge in [0, 0.05) is 5.75 Å². The molecule has 0 bridgehead atoms. The first-order chi connectivity index (χ1) is 12.9. The SMILES string of the molecule is Cc1ccc(C)c(CSc2nnc(CNC(=O)c3c(F)cccc3F)o2)c1. The highest BCUT2D eigenvalue weighted by Gasteiger charge is 2.17. The summed E-state index contributed by atoms with van der Waals surface area (Å²) in [5.41, 5.74) is 2.88. The number of halogens is 2. The Morgan fingerprint density at radius 2 is 1.89 bits per heavy atom. The van der Waals surface area contributed by atoms with E-state index in [4.69, 9.17) is 4.42 Å². The zero-order valence-electron chi connectivity index (χ0n) is 14.8. The number of carbonyl (C=O) groups is 1. The number of amides is 1. The summed E-state index contributed by atoms with van der Waals surface area (Å²) in [4.78, 5) is 12.0. The summed E-state index contributed by atoms with van der Waals surface area (Å²) in [6, 6.07) is 9.44. The van der Waals surface area contributed by atoms with E-state index in [9.17, 15) is 13.6 Å². The molecule has 0 saturated heterocycles. The van der Waals surface area contributed by atoms with Gasteiger partial charge in [-0.2, -0.15) is 0 Å². The summed E-state index contributed by atoms with van der Waals surface area (Å²) >= 11 is 1.38. The predicted octanol–water partition coefficient (Wildman–Crippen LogP) is 4.19. The Morgan fingerprint density at radius 3 is 2.63 bits per heavy atom. The summed E-state index contributed by atoms with van der Waals surface area (Å²) in [5.74, 6) is -1.91. The Labute approximate surface area is 159 Å². The van der Waals surface area contributed by atoms with Gasteiger partial charge in [-0.25, -0.2) is 8.78 Å². The molecule has 2 aromatic carbocycles. The molecule has 0 radical (unpaired) electrons. The third kappa shape index (κ3) is 4.71. The van der Waals surface area contributed by atoms with Crippen molar-refractivity contribution in [3.05, 3.63) is 76.2 Å². The largest absolute Gasteiger partial charge is 0.414 e. The molecule has 0 spiro atoms. The van der Waals surface area contributed by atoms with Gasteiger partial charge < -0.3 is 9.73 Å². The first kappa shape index (κ1) is 19.0. The lowest BCUT2D eigenvalue weighted by Gasteiger charge is -2.05. The molecule has 8 heteroatoms. The van der Waals surface area contributed by atoms with Crippen LogP contribution >= 0.6 is 11.8 Å². The van der Waals surface area contributed by atoms with Crippen LogP contribution in [0.15, 0.2) is 46.0 Å². The van der Waals surface area contributed by atoms with Crippen LogP contribution in [0.4, 0.5) is 8.78 Å². The summed E-state index contributed by atoms with van der Waals surface area (Å²) in [6.07, 6.45) is 0. The predicted molar refractivity (Wildman–Crippen MR) is 97.3 cm³/mol. The van der Waals surface area contributed by atoms with Gasteiger partial charge in [-0.3, -0.25) is 4.79 Å². The maximum atomic E-state index is 13.6. The number of thioether (sulfide) groups is 1. The molecule has 1 heterocycles. The molecule has 0 aliphatic heterocycles. The Bertz CT molecular complexity index is 955. The van der Waals surface area contributed by atoms with Crippen LogP contribution in [0.1, 0.15) is 32.9 Å². The molecular formula is C19H17F2N3O2S. The number of hydrogen-bond donors (Lipinski definition) is 1. The van der Waals surface area contributed by atoms with E-state index in [0.717, 1.165) is 12.1 Å². The van der Waals surface area contributed by atoms with Gasteiger partial charge in [0.05, 0.1) is 6.54 Å². The van der Waals surface area contributed by atoms with Crippen molar-refractivity contribution in [1.82, 2.24) is 15.5 Å². The minimum absolute atomic E-state index is 0.121. The molecule has 140 valence electrons. The summed E-state index contributed by atoms with van der Waals surface area (Å²) in [6.45, 7) is 3.94. The van der Waals surface area contributed by atoms with Crippen LogP contribution in [-0.4, -0.2) is 16.1 Å². The molecular weight excluding hydrogens is 372 g/mol. The molecule has 0 saturated carbocycles. The number of carbonyl (C=O) groups excluding carboxylic acids is 1. The first-order valence-corrected chi connectivity index (χ1v) is 9.16. The second-order valence-corrected chi connectivity index (χ2v) is 6.89. The third-order valence-electron chi connectivity index (χ3n) is 3.89. The van der Waals surface area contributed by atoms with E-state index in [0.29, 0.717) is 11.0 Å². The normalized spacial score (nSPS) is 10.8. The molecule has 5 nitrogen and oxygen atoms in total. The van der Waals surface area contributed by atoms with E-state index in [1.54, 1.807) is 0 Å². The highest BCUT2D eigenvalue weighted by molar-refractivity contribution is 7.98. The van der Waals surface area contributed by atoms with Gasteiger partial charge in [0.2, 0.25) is 5.89 Å². The van der Waals surface area contributed by atoms with Gasteiger partial charge in [-0.15, -0.1) is 10.2 Å². The lowest BCUT2D eigenvalue weighted by molar-refractivity contribution is 0.0938. The number of nitrogens with one attached hydrogen (secondary N) is 1. The van der Waals surface area contributed by atoms with Gasteiger partial charge in [0.15, 0.2) is 0 Å². The van der Waals surface area contributed by atoms with Gasteiger partial charge >= 0.3 is 0 Å². The second kappa shape index (κ2) is 8.30. The van der Waals surface area contributed by atoms with Gasteiger partial charge in [-0.1, -0.05) is 41.6 Å². The Kier molecular flexibility index (Phi) is 5.85. The van der Waals surface area contributed by atoms with Gasteiger partial charge in [0.25, 0.3) is 11.1 Å². The quantitative estimate of drug-likeness (QED) is 0.641. The summed E-state index contributed by atoms with van der Waals surface area (Å²) < 4.78 is 32.7. The van der Waals surface area contributed by atoms with Crippen LogP contribution < -0.4 is 5.32 Å². The lowest BCUT2D eigenvalue weighted by Crippen LogP contribution is -2.25. The van der Waals surface area contributed by atoms with E-state index in [1.165, 1.54) is 34.5 Å². The Balaban J connectivity index is 1.58. The minimum atomic E-state index is -0.928. The summed E-state index contributed by atoms with van der Waals surface area (Å²) in [5, 5.41) is 10.5. The molecule has 1 N–H and O–H groups in total. The highest BCUT2D eigenvalue weighted by atomic mass is 32.2. The maximum absolute atomic E-state index is 13.6. The first-order valence-electron chi connectivity index (χ1n) is 8.17. The number of benzene rings is 2. The van der Waals surface area contributed by atoms with Crippen LogP contribution in [0.2, 0.25) is 0 Å². The van der Waals surface area contributed by atoms with Gasteiger partial charge in [-0.05, 0) is 37.1 Å². The van der Waals surface area contributed by atoms with E-state index in [1.807, 2.05) is 13.8 Å². The second-order valence-electron chi connectivity index (χ2n) is 5.96. The number of aryl methyl sites for hydroxylation is 2. The van der Waals surface area contributed by atoms with Crippen LogP contribution in [-0.2, 0) is 12.3 Å². The number of rotatable bonds is 6. The average molecular weight is 389 g/mol. The van der Waals surface area contributed by atoms with Crippen molar-refractivity contribution in [2.45, 2.75) is 31.4 Å². The third-order valence-corrected chi connectivity index (χ3v) is 4.76. The van der Waals surface area contributed by atoms with Crippen LogP contribution in [0, 0.1) is 25.5 Å². The van der Waals surface area contributed by atoms with Crippen molar-refractivity contribution in [3.63, 3.8) is 0 Å². The smallest absolute Gasteiger partial charge is 0.276 e. The van der Waals surface area contributed by atoms with Crippen LogP contribution in [0.5, 0.6) is 0 Å². The van der Waals surface area contributed by atoms with Crippen molar-refractivity contribution < 1.29 is 18.0 Å². The number of nitrogens with zero attached hydrogens (tertiary/aromatic N) is 2. The standard InChI is InChI=1S/C19H17F2N3O2S/c1-11-6-7-12(2)13(8-11)10-27-19-24-23-16(26-19)9-22-18(25)17-14(20)4-3-5-15(17)21/h3-8H,9-10H2,1-2H3,(H,22,25). The lowest BCUT2D eigenvalue weighted by atomic mass is 10.1. The fourth-order valence-electron chi connectivity index (χ4n) is 2.42. The van der Waals surface area contributed by atoms with Crippen molar-refractivity contribution in [2.75, 3.05) is 0 Å². The topological polar surface area (TPSA) is 68.0 Å². The molecule has 27 heavy (non-hydrogen) atoms. The van der Waals surface area contributed by atoms with Crippen molar-refractivity contribution in [1.29, 1.82) is 0 Å². The molecule has 0 aliphatic rings. The van der Waals surface area contributed by atoms with Gasteiger partial charge in [0.1, 0.15) is 17.2 Å². The highest BCUT2D eigenvalue weighted by Crippen LogP contribution is 2.24. The number of hydrogen-bond acceptors (Lipinski definition) is 5. The molecule has 1 aromatic heterocycles. The Morgan fingerprint density at radius 1 is 1.15 bits per heavy atom. The van der Waals surface area contributed by atoms with Crippen LogP contribution in [0.25, 0.3) is 0 Å². The molecule has 3 aromatic rings. The van der Waals surface area contributed by atoms with E-state index < -0.39 is 23.1 Å². The summed E-state index contributed by atoms with van der Waals surface area (Å²) in [7, 11) is 0. The number of aromatic nitrogens is 2. The zero-order chi connectivity index (χ0) is 19.4. The van der Waals surface area contributed by atoms with Crippen molar-refractivity contribution in [2.24, 2.45) is 0 Å². The molecule has 1 amide bonds.